The molecule has 2 N–H and O–H groups in total. The average molecular weight is 347 g/mol. The Kier molecular flexibility index (Phi) is 5.39. The zero-order chi connectivity index (χ0) is 15.2. The molecular formula is C17H19BrN2O. The van der Waals surface area contributed by atoms with E-state index < -0.39 is 0 Å². The highest BCUT2D eigenvalue weighted by molar-refractivity contribution is 9.10. The summed E-state index contributed by atoms with van der Waals surface area (Å²) >= 11 is 3.58. The van der Waals surface area contributed by atoms with E-state index >= 15 is 0 Å². The van der Waals surface area contributed by atoms with Gasteiger partial charge in [0.2, 0.25) is 5.91 Å². The van der Waals surface area contributed by atoms with Gasteiger partial charge in [0.15, 0.2) is 0 Å². The normalized spacial score (nSPS) is 10.2. The van der Waals surface area contributed by atoms with E-state index in [9.17, 15) is 4.79 Å². The molecule has 0 aromatic heterocycles. The number of halogens is 1. The topological polar surface area (TPSA) is 41.1 Å². The van der Waals surface area contributed by atoms with E-state index in [1.54, 1.807) is 0 Å². The molecule has 0 radical (unpaired) electrons. The third kappa shape index (κ3) is 4.60. The third-order valence-electron chi connectivity index (χ3n) is 3.18. The molecule has 0 aliphatic carbocycles. The summed E-state index contributed by atoms with van der Waals surface area (Å²) in [5.74, 6) is 0.0271. The summed E-state index contributed by atoms with van der Waals surface area (Å²) in [6, 6.07) is 14.1. The number of rotatable bonds is 5. The van der Waals surface area contributed by atoms with Gasteiger partial charge in [-0.1, -0.05) is 35.0 Å². The number of carbonyl (C=O) groups is 1. The average Bonchev–Trinajstić information content (AvgIpc) is 2.48. The number of aryl methyl sites for hydroxylation is 1. The van der Waals surface area contributed by atoms with Gasteiger partial charge in [0, 0.05) is 28.8 Å². The molecule has 1 amide bonds. The lowest BCUT2D eigenvalue weighted by Crippen LogP contribution is -2.09. The highest BCUT2D eigenvalue weighted by atomic mass is 79.9. The van der Waals surface area contributed by atoms with Crippen molar-refractivity contribution in [2.45, 2.75) is 26.8 Å². The first kappa shape index (κ1) is 15.6. The van der Waals surface area contributed by atoms with Gasteiger partial charge in [0.1, 0.15) is 0 Å². The fourth-order valence-corrected chi connectivity index (χ4v) is 2.55. The van der Waals surface area contributed by atoms with E-state index in [1.807, 2.05) is 31.2 Å². The Morgan fingerprint density at radius 3 is 2.38 bits per heavy atom. The predicted molar refractivity (Wildman–Crippen MR) is 91.6 cm³/mol. The van der Waals surface area contributed by atoms with Crippen LogP contribution in [0.25, 0.3) is 0 Å². The lowest BCUT2D eigenvalue weighted by atomic mass is 10.1. The molecule has 2 rings (SSSR count). The van der Waals surface area contributed by atoms with Crippen molar-refractivity contribution in [3.8, 4) is 0 Å². The minimum atomic E-state index is 0.0271. The number of hydrogen-bond acceptors (Lipinski definition) is 2. The van der Waals surface area contributed by atoms with Gasteiger partial charge >= 0.3 is 0 Å². The number of benzene rings is 2. The van der Waals surface area contributed by atoms with Crippen LogP contribution in [0.5, 0.6) is 0 Å². The van der Waals surface area contributed by atoms with Crippen molar-refractivity contribution >= 4 is 33.2 Å². The zero-order valence-electron chi connectivity index (χ0n) is 12.2. The van der Waals surface area contributed by atoms with E-state index in [1.165, 1.54) is 11.1 Å². The predicted octanol–water partition coefficient (Wildman–Crippen LogP) is 4.72. The second-order valence-corrected chi connectivity index (χ2v) is 5.78. The Hall–Kier alpha value is -1.81. The van der Waals surface area contributed by atoms with E-state index in [0.717, 1.165) is 22.4 Å². The van der Waals surface area contributed by atoms with Crippen molar-refractivity contribution in [3.05, 3.63) is 58.1 Å². The Bertz CT molecular complexity index is 623. The number of nitrogens with one attached hydrogen (secondary N) is 2. The molecule has 4 heteroatoms. The molecule has 2 aromatic rings. The Labute approximate surface area is 133 Å². The monoisotopic (exact) mass is 346 g/mol. The highest BCUT2D eigenvalue weighted by Gasteiger charge is 2.01. The lowest BCUT2D eigenvalue weighted by Gasteiger charge is -2.10. The van der Waals surface area contributed by atoms with Crippen LogP contribution in [0.1, 0.15) is 24.5 Å². The maximum absolute atomic E-state index is 11.3. The molecule has 0 heterocycles. The van der Waals surface area contributed by atoms with Crippen LogP contribution in [0.4, 0.5) is 11.4 Å². The molecule has 0 bridgehead atoms. The molecule has 2 aromatic carbocycles. The van der Waals surface area contributed by atoms with Crippen LogP contribution >= 0.6 is 15.9 Å². The maximum atomic E-state index is 11.3. The number of carbonyl (C=O) groups excluding carboxylic acids is 1. The second-order valence-electron chi connectivity index (χ2n) is 4.93. The first-order valence-electron chi connectivity index (χ1n) is 6.97. The lowest BCUT2D eigenvalue weighted by molar-refractivity contribution is -0.115. The van der Waals surface area contributed by atoms with Crippen molar-refractivity contribution in [3.63, 3.8) is 0 Å². The summed E-state index contributed by atoms with van der Waals surface area (Å²) in [6.45, 7) is 4.66. The summed E-state index contributed by atoms with van der Waals surface area (Å²) in [6.07, 6.45) is 0.488. The highest BCUT2D eigenvalue weighted by Crippen LogP contribution is 2.20. The summed E-state index contributed by atoms with van der Waals surface area (Å²) in [7, 11) is 0. The Morgan fingerprint density at radius 1 is 1.10 bits per heavy atom. The SMILES string of the molecule is CCC(=O)Nc1ccc(NCc2ccc(C)cc2Br)cc1. The van der Waals surface area contributed by atoms with E-state index in [2.05, 4.69) is 51.7 Å². The van der Waals surface area contributed by atoms with Gasteiger partial charge in [0.05, 0.1) is 0 Å². The molecule has 0 atom stereocenters. The molecule has 3 nitrogen and oxygen atoms in total. The van der Waals surface area contributed by atoms with Gasteiger partial charge in [0.25, 0.3) is 0 Å². The quantitative estimate of drug-likeness (QED) is 0.822. The van der Waals surface area contributed by atoms with Crippen LogP contribution in [-0.2, 0) is 11.3 Å². The Balaban J connectivity index is 1.96. The van der Waals surface area contributed by atoms with Crippen molar-refractivity contribution < 1.29 is 4.79 Å². The van der Waals surface area contributed by atoms with Crippen molar-refractivity contribution in [2.75, 3.05) is 10.6 Å². The van der Waals surface area contributed by atoms with Crippen LogP contribution in [0.3, 0.4) is 0 Å². The van der Waals surface area contributed by atoms with E-state index in [-0.39, 0.29) is 5.91 Å². The maximum Gasteiger partial charge on any atom is 0.224 e. The number of amides is 1. The van der Waals surface area contributed by atoms with Crippen LogP contribution in [0.15, 0.2) is 46.9 Å². The first-order chi connectivity index (χ1) is 10.1. The smallest absolute Gasteiger partial charge is 0.224 e. The summed E-state index contributed by atoms with van der Waals surface area (Å²) in [5, 5.41) is 6.21. The van der Waals surface area contributed by atoms with Gasteiger partial charge < -0.3 is 10.6 Å². The van der Waals surface area contributed by atoms with Gasteiger partial charge in [-0.3, -0.25) is 4.79 Å². The van der Waals surface area contributed by atoms with Gasteiger partial charge in [-0.05, 0) is 48.4 Å². The van der Waals surface area contributed by atoms with Crippen LogP contribution < -0.4 is 10.6 Å². The molecule has 0 aliphatic rings. The molecule has 0 saturated carbocycles. The molecule has 0 fully saturated rings. The molecule has 0 aliphatic heterocycles. The van der Waals surface area contributed by atoms with Gasteiger partial charge in [-0.15, -0.1) is 0 Å². The Morgan fingerprint density at radius 2 is 1.76 bits per heavy atom. The largest absolute Gasteiger partial charge is 0.381 e. The summed E-state index contributed by atoms with van der Waals surface area (Å²) in [4.78, 5) is 11.3. The van der Waals surface area contributed by atoms with Crippen LogP contribution in [-0.4, -0.2) is 5.91 Å². The molecule has 21 heavy (non-hydrogen) atoms. The molecule has 0 spiro atoms. The molecule has 110 valence electrons. The van der Waals surface area contributed by atoms with Gasteiger partial charge in [-0.2, -0.15) is 0 Å². The van der Waals surface area contributed by atoms with E-state index in [0.29, 0.717) is 6.42 Å². The molecular weight excluding hydrogens is 328 g/mol. The minimum Gasteiger partial charge on any atom is -0.381 e. The summed E-state index contributed by atoms with van der Waals surface area (Å²) in [5.41, 5.74) is 4.30. The standard InChI is InChI=1S/C17H19BrN2O/c1-3-17(21)20-15-8-6-14(7-9-15)19-11-13-5-4-12(2)10-16(13)18/h4-10,19H,3,11H2,1-2H3,(H,20,21). The fourth-order valence-electron chi connectivity index (χ4n) is 1.91. The van der Waals surface area contributed by atoms with Crippen molar-refractivity contribution in [2.24, 2.45) is 0 Å². The van der Waals surface area contributed by atoms with Crippen molar-refractivity contribution in [1.29, 1.82) is 0 Å². The first-order valence-corrected chi connectivity index (χ1v) is 7.76. The number of hydrogen-bond donors (Lipinski definition) is 2. The minimum absolute atomic E-state index is 0.0271. The summed E-state index contributed by atoms with van der Waals surface area (Å²) < 4.78 is 1.11. The van der Waals surface area contributed by atoms with Gasteiger partial charge in [-0.25, -0.2) is 0 Å². The zero-order valence-corrected chi connectivity index (χ0v) is 13.8. The molecule has 0 saturated heterocycles. The third-order valence-corrected chi connectivity index (χ3v) is 3.92. The van der Waals surface area contributed by atoms with Crippen molar-refractivity contribution in [1.82, 2.24) is 0 Å². The second kappa shape index (κ2) is 7.27. The fraction of sp³-hybridized carbons (Fsp3) is 0.235. The molecule has 0 unspecified atom stereocenters. The van der Waals surface area contributed by atoms with E-state index in [4.69, 9.17) is 0 Å². The van der Waals surface area contributed by atoms with Crippen LogP contribution in [0.2, 0.25) is 0 Å². The number of anilines is 2. The van der Waals surface area contributed by atoms with Crippen LogP contribution in [0, 0.1) is 6.92 Å².